The number of benzene rings is 3. The van der Waals surface area contributed by atoms with Gasteiger partial charge in [-0.15, -0.1) is 0 Å². The summed E-state index contributed by atoms with van der Waals surface area (Å²) in [5, 5.41) is 0. The molecule has 0 bridgehead atoms. The van der Waals surface area contributed by atoms with E-state index in [-0.39, 0.29) is 5.41 Å². The molecule has 108 valence electrons. The molecule has 0 atom stereocenters. The van der Waals surface area contributed by atoms with E-state index in [1.54, 1.807) is 0 Å². The Bertz CT molecular complexity index is 857. The fraction of sp³-hybridized carbons (Fsp3) is 0.143. The summed E-state index contributed by atoms with van der Waals surface area (Å²) >= 11 is 2.35. The van der Waals surface area contributed by atoms with Crippen molar-refractivity contribution in [2.45, 2.75) is 19.3 Å². The van der Waals surface area contributed by atoms with Gasteiger partial charge in [-0.1, -0.05) is 62.4 Å². The van der Waals surface area contributed by atoms with E-state index in [1.807, 2.05) is 0 Å². The molecule has 0 radical (unpaired) electrons. The molecule has 0 aromatic heterocycles. The van der Waals surface area contributed by atoms with Crippen LogP contribution in [-0.2, 0) is 5.41 Å². The molecule has 0 nitrogen and oxygen atoms in total. The summed E-state index contributed by atoms with van der Waals surface area (Å²) in [6.45, 7) is 4.66. The van der Waals surface area contributed by atoms with E-state index < -0.39 is 0 Å². The average molecular weight is 396 g/mol. The molecule has 1 aliphatic rings. The SMILES string of the molecule is CC1(C)c2ccccc2-c2ccc(-c3ccc(I)cc3)cc21. The first-order chi connectivity index (χ1) is 10.6. The fourth-order valence-electron chi connectivity index (χ4n) is 3.53. The van der Waals surface area contributed by atoms with Crippen LogP contribution in [0.15, 0.2) is 66.7 Å². The van der Waals surface area contributed by atoms with Gasteiger partial charge >= 0.3 is 0 Å². The third-order valence-corrected chi connectivity index (χ3v) is 5.48. The highest BCUT2D eigenvalue weighted by atomic mass is 127. The van der Waals surface area contributed by atoms with Gasteiger partial charge in [-0.05, 0) is 74.2 Å². The van der Waals surface area contributed by atoms with Crippen LogP contribution >= 0.6 is 22.6 Å². The maximum absolute atomic E-state index is 2.37. The fourth-order valence-corrected chi connectivity index (χ4v) is 3.89. The van der Waals surface area contributed by atoms with Crippen LogP contribution in [0.4, 0.5) is 0 Å². The quantitative estimate of drug-likeness (QED) is 0.426. The number of hydrogen-bond acceptors (Lipinski definition) is 0. The van der Waals surface area contributed by atoms with Gasteiger partial charge in [0, 0.05) is 8.99 Å². The van der Waals surface area contributed by atoms with Crippen LogP contribution in [0.5, 0.6) is 0 Å². The Labute approximate surface area is 145 Å². The molecular weight excluding hydrogens is 379 g/mol. The van der Waals surface area contributed by atoms with Crippen LogP contribution in [0.25, 0.3) is 22.3 Å². The predicted molar refractivity (Wildman–Crippen MR) is 102 cm³/mol. The highest BCUT2D eigenvalue weighted by Crippen LogP contribution is 2.49. The summed E-state index contributed by atoms with van der Waals surface area (Å²) in [5.74, 6) is 0. The van der Waals surface area contributed by atoms with Gasteiger partial charge in [0.1, 0.15) is 0 Å². The molecule has 3 aromatic rings. The van der Waals surface area contributed by atoms with E-state index in [4.69, 9.17) is 0 Å². The number of halogens is 1. The van der Waals surface area contributed by atoms with Crippen molar-refractivity contribution in [1.82, 2.24) is 0 Å². The standard InChI is InChI=1S/C21H17I/c1-21(2)19-6-4-3-5-17(19)18-12-9-15(13-20(18)21)14-7-10-16(22)11-8-14/h3-13H,1-2H3. The Balaban J connectivity index is 1.90. The van der Waals surface area contributed by atoms with Crippen LogP contribution in [-0.4, -0.2) is 0 Å². The van der Waals surface area contributed by atoms with Gasteiger partial charge in [0.15, 0.2) is 0 Å². The Morgan fingerprint density at radius 2 is 1.32 bits per heavy atom. The number of hydrogen-bond donors (Lipinski definition) is 0. The molecule has 0 saturated carbocycles. The highest BCUT2D eigenvalue weighted by molar-refractivity contribution is 14.1. The summed E-state index contributed by atoms with van der Waals surface area (Å²) < 4.78 is 1.27. The molecular formula is C21H17I. The van der Waals surface area contributed by atoms with Crippen molar-refractivity contribution in [2.75, 3.05) is 0 Å². The molecule has 4 rings (SSSR count). The van der Waals surface area contributed by atoms with Crippen LogP contribution in [0.1, 0.15) is 25.0 Å². The molecule has 0 spiro atoms. The first-order valence-electron chi connectivity index (χ1n) is 7.58. The van der Waals surface area contributed by atoms with Gasteiger partial charge in [-0.3, -0.25) is 0 Å². The molecule has 3 aromatic carbocycles. The van der Waals surface area contributed by atoms with Gasteiger partial charge in [0.05, 0.1) is 0 Å². The Morgan fingerprint density at radius 1 is 0.682 bits per heavy atom. The average Bonchev–Trinajstić information content (AvgIpc) is 2.77. The first kappa shape index (κ1) is 14.0. The number of rotatable bonds is 1. The summed E-state index contributed by atoms with van der Waals surface area (Å²) in [7, 11) is 0. The third-order valence-electron chi connectivity index (χ3n) is 4.76. The summed E-state index contributed by atoms with van der Waals surface area (Å²) in [5.41, 5.74) is 8.30. The lowest BCUT2D eigenvalue weighted by atomic mass is 9.81. The topological polar surface area (TPSA) is 0 Å². The van der Waals surface area contributed by atoms with Crippen LogP contribution < -0.4 is 0 Å². The summed E-state index contributed by atoms with van der Waals surface area (Å²) in [4.78, 5) is 0. The molecule has 0 N–H and O–H groups in total. The van der Waals surface area contributed by atoms with Gasteiger partial charge in [0.2, 0.25) is 0 Å². The van der Waals surface area contributed by atoms with Gasteiger partial charge in [-0.2, -0.15) is 0 Å². The highest BCUT2D eigenvalue weighted by Gasteiger charge is 2.35. The zero-order valence-corrected chi connectivity index (χ0v) is 14.9. The lowest BCUT2D eigenvalue weighted by Crippen LogP contribution is -2.14. The lowest BCUT2D eigenvalue weighted by molar-refractivity contribution is 0.660. The second-order valence-corrected chi connectivity index (χ2v) is 7.68. The van der Waals surface area contributed by atoms with E-state index in [2.05, 4.69) is 103 Å². The molecule has 0 aliphatic heterocycles. The molecule has 0 fully saturated rings. The van der Waals surface area contributed by atoms with Crippen molar-refractivity contribution in [1.29, 1.82) is 0 Å². The van der Waals surface area contributed by atoms with Crippen LogP contribution in [0.2, 0.25) is 0 Å². The largest absolute Gasteiger partial charge is 0.0619 e. The zero-order chi connectivity index (χ0) is 15.3. The maximum Gasteiger partial charge on any atom is 0.0159 e. The minimum Gasteiger partial charge on any atom is -0.0619 e. The maximum atomic E-state index is 2.37. The molecule has 22 heavy (non-hydrogen) atoms. The molecule has 0 unspecified atom stereocenters. The first-order valence-corrected chi connectivity index (χ1v) is 8.65. The van der Waals surface area contributed by atoms with Crippen molar-refractivity contribution in [3.8, 4) is 22.3 Å². The van der Waals surface area contributed by atoms with Gasteiger partial charge < -0.3 is 0 Å². The van der Waals surface area contributed by atoms with Crippen LogP contribution in [0.3, 0.4) is 0 Å². The van der Waals surface area contributed by atoms with E-state index in [0.717, 1.165) is 0 Å². The predicted octanol–water partition coefficient (Wildman–Crippen LogP) is 6.26. The molecule has 0 saturated heterocycles. The van der Waals surface area contributed by atoms with Crippen LogP contribution in [0, 0.1) is 3.57 Å². The third kappa shape index (κ3) is 2.03. The van der Waals surface area contributed by atoms with E-state index >= 15 is 0 Å². The van der Waals surface area contributed by atoms with Gasteiger partial charge in [0.25, 0.3) is 0 Å². The summed E-state index contributed by atoms with van der Waals surface area (Å²) in [6, 6.07) is 24.5. The number of fused-ring (bicyclic) bond motifs is 3. The lowest BCUT2D eigenvalue weighted by Gasteiger charge is -2.22. The van der Waals surface area contributed by atoms with E-state index in [9.17, 15) is 0 Å². The van der Waals surface area contributed by atoms with Crippen molar-refractivity contribution < 1.29 is 0 Å². The van der Waals surface area contributed by atoms with Crippen molar-refractivity contribution in [2.24, 2.45) is 0 Å². The molecule has 1 aliphatic carbocycles. The van der Waals surface area contributed by atoms with Crippen molar-refractivity contribution >= 4 is 22.6 Å². The minimum absolute atomic E-state index is 0.0745. The minimum atomic E-state index is 0.0745. The zero-order valence-electron chi connectivity index (χ0n) is 12.7. The van der Waals surface area contributed by atoms with E-state index in [1.165, 1.54) is 37.0 Å². The molecule has 0 heterocycles. The molecule has 0 amide bonds. The summed E-state index contributed by atoms with van der Waals surface area (Å²) in [6.07, 6.45) is 0. The molecule has 1 heteroatoms. The smallest absolute Gasteiger partial charge is 0.0159 e. The van der Waals surface area contributed by atoms with Crippen molar-refractivity contribution in [3.63, 3.8) is 0 Å². The Morgan fingerprint density at radius 3 is 2.09 bits per heavy atom. The van der Waals surface area contributed by atoms with Crippen molar-refractivity contribution in [3.05, 3.63) is 81.4 Å². The van der Waals surface area contributed by atoms with Gasteiger partial charge in [-0.25, -0.2) is 0 Å². The monoisotopic (exact) mass is 396 g/mol. The second kappa shape index (κ2) is 4.95. The normalized spacial score (nSPS) is 14.5. The Kier molecular flexibility index (Phi) is 3.15. The van der Waals surface area contributed by atoms with E-state index in [0.29, 0.717) is 0 Å². The second-order valence-electron chi connectivity index (χ2n) is 6.44. The Hall–Kier alpha value is -1.61.